The number of nitrogens with zero attached hydrogens (tertiary/aromatic N) is 5. The van der Waals surface area contributed by atoms with Gasteiger partial charge in [-0.05, 0) is 28.7 Å². The molecule has 0 bridgehead atoms. The van der Waals surface area contributed by atoms with Gasteiger partial charge in [-0.25, -0.2) is 4.98 Å². The zero-order chi connectivity index (χ0) is 19.8. The molecule has 0 aromatic carbocycles. The molecule has 0 radical (unpaired) electrons. The van der Waals surface area contributed by atoms with Crippen molar-refractivity contribution in [2.45, 2.75) is 31.7 Å². The number of hydrogen-bond donors (Lipinski definition) is 2. The van der Waals surface area contributed by atoms with Gasteiger partial charge in [0.1, 0.15) is 17.4 Å². The summed E-state index contributed by atoms with van der Waals surface area (Å²) in [5.74, 6) is -0.914. The first-order valence-corrected chi connectivity index (χ1v) is 8.94. The standard InChI is InChI=1S/C15H12F3N6O2.Al.2H/c1-2-14(25,15(16,17)18)12-22-23-13(26-12)20-7-9-3-4-24-8-10(6-19)21-11(24)5-9;;;/h3-5,25H,2,7H2,1H3,(H,20,23);;;. The summed E-state index contributed by atoms with van der Waals surface area (Å²) >= 11 is 0.659. The van der Waals surface area contributed by atoms with Crippen LogP contribution in [0, 0.1) is 11.3 Å². The number of nitriles is 1. The number of rotatable bonds is 5. The maximum atomic E-state index is 13.0. The lowest BCUT2D eigenvalue weighted by Crippen LogP contribution is -2.42. The molecular weight excluding hydrogens is 380 g/mol. The quantitative estimate of drug-likeness (QED) is 0.610. The van der Waals surface area contributed by atoms with Crippen molar-refractivity contribution in [1.82, 2.24) is 19.6 Å². The van der Waals surface area contributed by atoms with Crippen molar-refractivity contribution in [3.63, 3.8) is 0 Å². The van der Waals surface area contributed by atoms with Gasteiger partial charge in [-0.3, -0.25) is 0 Å². The highest BCUT2D eigenvalue weighted by molar-refractivity contribution is 6.32. The van der Waals surface area contributed by atoms with Crippen LogP contribution in [0.5, 0.6) is 0 Å². The Morgan fingerprint density at radius 2 is 2.15 bits per heavy atom. The van der Waals surface area contributed by atoms with Crippen LogP contribution in [0.3, 0.4) is 0 Å². The van der Waals surface area contributed by atoms with E-state index in [1.165, 1.54) is 6.92 Å². The average Bonchev–Trinajstić information content (AvgIpc) is 3.23. The lowest BCUT2D eigenvalue weighted by molar-refractivity contribution is -0.275. The van der Waals surface area contributed by atoms with Crippen LogP contribution < -0.4 is 9.87 Å². The minimum Gasteiger partial charge on any atom is -0.405 e. The molecule has 0 aliphatic rings. The maximum Gasteiger partial charge on any atom is 0.426 e. The van der Waals surface area contributed by atoms with Gasteiger partial charge in [0.2, 0.25) is 5.60 Å². The molecule has 0 amide bonds. The maximum absolute atomic E-state index is 13.0. The van der Waals surface area contributed by atoms with Gasteiger partial charge < -0.3 is 19.2 Å². The number of alkyl halides is 3. The second kappa shape index (κ2) is 6.85. The molecule has 1 atom stereocenters. The van der Waals surface area contributed by atoms with E-state index in [4.69, 9.17) is 9.68 Å². The summed E-state index contributed by atoms with van der Waals surface area (Å²) in [6, 6.07) is 5.31. The van der Waals surface area contributed by atoms with Crippen LogP contribution in [0.4, 0.5) is 19.2 Å². The van der Waals surface area contributed by atoms with E-state index in [0.717, 1.165) is 10.1 Å². The molecule has 3 rings (SSSR count). The van der Waals surface area contributed by atoms with E-state index in [1.807, 2.05) is 10.5 Å². The molecule has 12 heteroatoms. The summed E-state index contributed by atoms with van der Waals surface area (Å²) in [4.78, 5) is 4.22. The Morgan fingerprint density at radius 1 is 1.41 bits per heavy atom. The van der Waals surface area contributed by atoms with Crippen LogP contribution in [-0.2, 0) is 12.1 Å². The molecule has 0 spiro atoms. The SMILES string of the molecule is CCC(O)(c1nnc(NCc2ccn3[c]([AlH2])c(C#N)nc3c2)o1)C(F)(F)F. The van der Waals surface area contributed by atoms with Crippen molar-refractivity contribution >= 4 is 32.5 Å². The third-order valence-electron chi connectivity index (χ3n) is 4.24. The Balaban J connectivity index is 1.77. The van der Waals surface area contributed by atoms with Gasteiger partial charge in [-0.15, -0.1) is 5.10 Å². The zero-order valence-electron chi connectivity index (χ0n) is 14.4. The molecule has 0 aliphatic carbocycles. The third kappa shape index (κ3) is 3.37. The molecule has 0 aliphatic heterocycles. The van der Waals surface area contributed by atoms with Gasteiger partial charge in [0.25, 0.3) is 22.2 Å². The number of pyridine rings is 1. The van der Waals surface area contributed by atoms with Crippen LogP contribution in [0.15, 0.2) is 22.7 Å². The number of hydrogen-bond acceptors (Lipinski definition) is 7. The van der Waals surface area contributed by atoms with E-state index in [2.05, 4.69) is 20.5 Å². The summed E-state index contributed by atoms with van der Waals surface area (Å²) in [5.41, 5.74) is -1.47. The van der Waals surface area contributed by atoms with E-state index in [0.29, 0.717) is 27.6 Å². The summed E-state index contributed by atoms with van der Waals surface area (Å²) in [5, 5.41) is 28.4. The van der Waals surface area contributed by atoms with Crippen molar-refractivity contribution in [1.29, 1.82) is 5.26 Å². The number of aromatic nitrogens is 4. The molecule has 3 heterocycles. The first-order chi connectivity index (χ1) is 12.7. The molecule has 1 unspecified atom stereocenters. The fourth-order valence-corrected chi connectivity index (χ4v) is 3.14. The van der Waals surface area contributed by atoms with Crippen molar-refractivity contribution < 1.29 is 22.7 Å². The summed E-state index contributed by atoms with van der Waals surface area (Å²) < 4.78 is 46.7. The van der Waals surface area contributed by atoms with Crippen LogP contribution in [0.1, 0.15) is 30.5 Å². The number of aliphatic hydroxyl groups is 1. The van der Waals surface area contributed by atoms with Crippen molar-refractivity contribution in [3.8, 4) is 6.07 Å². The molecule has 140 valence electrons. The Kier molecular flexibility index (Phi) is 4.87. The normalized spacial score (nSPS) is 14.1. The van der Waals surface area contributed by atoms with E-state index < -0.39 is 24.1 Å². The van der Waals surface area contributed by atoms with Gasteiger partial charge in [0.15, 0.2) is 0 Å². The smallest absolute Gasteiger partial charge is 0.405 e. The minimum absolute atomic E-state index is 0.180. The second-order valence-corrected chi connectivity index (χ2v) is 6.85. The lowest BCUT2D eigenvalue weighted by atomic mass is 10.0. The number of imidazole rings is 1. The largest absolute Gasteiger partial charge is 0.426 e. The predicted molar refractivity (Wildman–Crippen MR) is 90.0 cm³/mol. The van der Waals surface area contributed by atoms with Gasteiger partial charge in [-0.2, -0.15) is 18.4 Å². The van der Waals surface area contributed by atoms with Crippen molar-refractivity contribution in [2.24, 2.45) is 0 Å². The predicted octanol–water partition coefficient (Wildman–Crippen LogP) is 0.619. The van der Waals surface area contributed by atoms with Crippen molar-refractivity contribution in [2.75, 3.05) is 5.32 Å². The van der Waals surface area contributed by atoms with Crippen LogP contribution in [0.2, 0.25) is 0 Å². The summed E-state index contributed by atoms with van der Waals surface area (Å²) in [6.07, 6.45) is -3.82. The summed E-state index contributed by atoms with van der Waals surface area (Å²) in [6.45, 7) is 1.35. The fourth-order valence-electron chi connectivity index (χ4n) is 2.54. The molecule has 8 nitrogen and oxygen atoms in total. The zero-order valence-corrected chi connectivity index (χ0v) is 16.4. The molecule has 27 heavy (non-hydrogen) atoms. The fraction of sp³-hybridized carbons (Fsp3) is 0.333. The molecule has 3 aromatic heterocycles. The molecule has 3 aromatic rings. The third-order valence-corrected chi connectivity index (χ3v) is 5.19. The van der Waals surface area contributed by atoms with E-state index >= 15 is 0 Å². The Morgan fingerprint density at radius 3 is 2.78 bits per heavy atom. The first-order valence-electron chi connectivity index (χ1n) is 7.94. The van der Waals surface area contributed by atoms with Gasteiger partial charge in [-0.1, -0.05) is 12.0 Å². The molecule has 0 saturated carbocycles. The monoisotopic (exact) mass is 394 g/mol. The molecule has 0 saturated heterocycles. The average molecular weight is 394 g/mol. The number of nitrogens with one attached hydrogen (secondary N) is 1. The van der Waals surface area contributed by atoms with Crippen molar-refractivity contribution in [3.05, 3.63) is 35.5 Å². The first kappa shape index (κ1) is 19.2. The molecule has 0 fully saturated rings. The topological polar surface area (TPSA) is 112 Å². The van der Waals surface area contributed by atoms with Crippen LogP contribution in [-0.4, -0.2) is 47.2 Å². The summed E-state index contributed by atoms with van der Waals surface area (Å²) in [7, 11) is 0. The Bertz CT molecular complexity index is 1020. The lowest BCUT2D eigenvalue weighted by Gasteiger charge is -2.25. The van der Waals surface area contributed by atoms with Crippen LogP contribution in [0.25, 0.3) is 5.65 Å². The van der Waals surface area contributed by atoms with E-state index in [1.54, 1.807) is 18.3 Å². The Hall–Kier alpha value is -2.60. The van der Waals surface area contributed by atoms with Gasteiger partial charge in [0, 0.05) is 12.7 Å². The highest BCUT2D eigenvalue weighted by atomic mass is 27.0. The Labute approximate surface area is 159 Å². The molecular formula is C15H14AlF3N6O2. The van der Waals surface area contributed by atoms with Crippen LogP contribution >= 0.6 is 0 Å². The van der Waals surface area contributed by atoms with E-state index in [-0.39, 0.29) is 12.6 Å². The van der Waals surface area contributed by atoms with Gasteiger partial charge in [0.05, 0.1) is 0 Å². The number of halogens is 3. The number of anilines is 1. The highest BCUT2D eigenvalue weighted by Crippen LogP contribution is 2.41. The highest BCUT2D eigenvalue weighted by Gasteiger charge is 2.57. The molecule has 2 N–H and O–H groups in total. The second-order valence-electron chi connectivity index (χ2n) is 5.90. The van der Waals surface area contributed by atoms with Gasteiger partial charge >= 0.3 is 12.2 Å². The number of fused-ring (bicyclic) bond motifs is 1. The van der Waals surface area contributed by atoms with E-state index in [9.17, 15) is 18.3 Å². The minimum atomic E-state index is -4.93.